The van der Waals surface area contributed by atoms with E-state index in [-0.39, 0.29) is 5.75 Å². The molecule has 0 unspecified atom stereocenters. The molecular formula is C16H13ClN2O2. The topological polar surface area (TPSA) is 68.4 Å². The monoisotopic (exact) mass is 300 g/mol. The van der Waals surface area contributed by atoms with Crippen molar-refractivity contribution >= 4 is 28.2 Å². The molecule has 1 heterocycles. The summed E-state index contributed by atoms with van der Waals surface area (Å²) in [5.74, 6) is 0.763. The van der Waals surface area contributed by atoms with Crippen LogP contribution in [0.1, 0.15) is 0 Å². The first-order chi connectivity index (χ1) is 10.1. The van der Waals surface area contributed by atoms with E-state index >= 15 is 0 Å². The van der Waals surface area contributed by atoms with Crippen molar-refractivity contribution in [1.29, 1.82) is 0 Å². The van der Waals surface area contributed by atoms with E-state index in [2.05, 4.69) is 4.98 Å². The number of rotatable bonds is 2. The molecule has 0 saturated heterocycles. The van der Waals surface area contributed by atoms with Gasteiger partial charge in [0.15, 0.2) is 0 Å². The largest absolute Gasteiger partial charge is 0.506 e. The van der Waals surface area contributed by atoms with Gasteiger partial charge in [0, 0.05) is 17.1 Å². The number of fused-ring (bicyclic) bond motifs is 1. The fourth-order valence-electron chi connectivity index (χ4n) is 2.19. The van der Waals surface area contributed by atoms with Gasteiger partial charge in [0.25, 0.3) is 0 Å². The molecule has 3 aromatic rings. The fourth-order valence-corrected chi connectivity index (χ4v) is 2.50. The number of pyridine rings is 1. The van der Waals surface area contributed by atoms with Crippen LogP contribution in [-0.2, 0) is 0 Å². The lowest BCUT2D eigenvalue weighted by atomic mass is 10.0. The lowest BCUT2D eigenvalue weighted by molar-refractivity contribution is 0.415. The van der Waals surface area contributed by atoms with Crippen LogP contribution in [0.25, 0.3) is 22.0 Å². The van der Waals surface area contributed by atoms with Crippen LogP contribution in [0, 0.1) is 0 Å². The Bertz CT molecular complexity index is 834. The zero-order chi connectivity index (χ0) is 15.0. The Morgan fingerprint density at radius 1 is 1.19 bits per heavy atom. The number of hydrogen-bond donors (Lipinski definition) is 2. The minimum atomic E-state index is 0.0466. The van der Waals surface area contributed by atoms with Gasteiger partial charge in [0.1, 0.15) is 11.5 Å². The van der Waals surface area contributed by atoms with Gasteiger partial charge in [-0.1, -0.05) is 17.7 Å². The first kappa shape index (κ1) is 13.5. The van der Waals surface area contributed by atoms with Crippen molar-refractivity contribution in [2.75, 3.05) is 12.8 Å². The molecular weight excluding hydrogens is 288 g/mol. The van der Waals surface area contributed by atoms with Gasteiger partial charge in [-0.15, -0.1) is 0 Å². The number of halogens is 1. The third-order valence-corrected chi connectivity index (χ3v) is 3.76. The minimum absolute atomic E-state index is 0.0466. The lowest BCUT2D eigenvalue weighted by Gasteiger charge is -2.10. The van der Waals surface area contributed by atoms with Crippen molar-refractivity contribution in [3.8, 4) is 22.6 Å². The highest BCUT2D eigenvalue weighted by atomic mass is 35.5. The molecule has 0 saturated carbocycles. The van der Waals surface area contributed by atoms with Crippen molar-refractivity contribution in [3.05, 3.63) is 47.6 Å². The van der Waals surface area contributed by atoms with Crippen molar-refractivity contribution in [2.45, 2.75) is 0 Å². The number of nitrogen functional groups attached to an aromatic ring is 1. The third kappa shape index (κ3) is 2.34. The molecule has 0 bridgehead atoms. The van der Waals surface area contributed by atoms with Crippen LogP contribution in [0.4, 0.5) is 5.69 Å². The maximum absolute atomic E-state index is 9.51. The van der Waals surface area contributed by atoms with Gasteiger partial charge in [-0.05, 0) is 35.9 Å². The minimum Gasteiger partial charge on any atom is -0.506 e. The molecule has 4 nitrogen and oxygen atoms in total. The van der Waals surface area contributed by atoms with Gasteiger partial charge in [-0.25, -0.2) is 0 Å². The van der Waals surface area contributed by atoms with E-state index in [1.165, 1.54) is 6.07 Å². The average Bonchev–Trinajstić information content (AvgIpc) is 2.50. The van der Waals surface area contributed by atoms with Crippen molar-refractivity contribution in [1.82, 2.24) is 4.98 Å². The predicted molar refractivity (Wildman–Crippen MR) is 84.8 cm³/mol. The van der Waals surface area contributed by atoms with Crippen LogP contribution < -0.4 is 10.5 Å². The zero-order valence-corrected chi connectivity index (χ0v) is 12.1. The van der Waals surface area contributed by atoms with E-state index in [0.717, 1.165) is 22.0 Å². The Morgan fingerprint density at radius 2 is 2.00 bits per heavy atom. The number of anilines is 1. The number of hydrogen-bond acceptors (Lipinski definition) is 4. The van der Waals surface area contributed by atoms with Crippen LogP contribution in [0.5, 0.6) is 11.5 Å². The van der Waals surface area contributed by atoms with Crippen molar-refractivity contribution in [2.24, 2.45) is 0 Å². The molecule has 3 N–H and O–H groups in total. The molecule has 0 aliphatic heterocycles. The summed E-state index contributed by atoms with van der Waals surface area (Å²) in [6, 6.07) is 10.5. The summed E-state index contributed by atoms with van der Waals surface area (Å²) in [6.07, 6.45) is 1.70. The number of nitrogens with zero attached hydrogens (tertiary/aromatic N) is 1. The van der Waals surface area contributed by atoms with E-state index in [4.69, 9.17) is 22.1 Å². The van der Waals surface area contributed by atoms with E-state index in [1.54, 1.807) is 25.4 Å². The molecule has 0 aliphatic rings. The Kier molecular flexibility index (Phi) is 3.31. The van der Waals surface area contributed by atoms with Crippen LogP contribution in [0.3, 0.4) is 0 Å². The second-order valence-electron chi connectivity index (χ2n) is 4.64. The van der Waals surface area contributed by atoms with Crippen LogP contribution in [0.2, 0.25) is 5.02 Å². The normalized spacial score (nSPS) is 10.8. The molecule has 0 spiro atoms. The predicted octanol–water partition coefficient (Wildman–Crippen LogP) is 3.85. The van der Waals surface area contributed by atoms with Gasteiger partial charge < -0.3 is 15.6 Å². The van der Waals surface area contributed by atoms with Crippen LogP contribution >= 0.6 is 11.6 Å². The summed E-state index contributed by atoms with van der Waals surface area (Å²) in [7, 11) is 1.60. The quantitative estimate of drug-likeness (QED) is 0.557. The number of aromatic nitrogens is 1. The van der Waals surface area contributed by atoms with Crippen molar-refractivity contribution in [3.63, 3.8) is 0 Å². The molecule has 0 radical (unpaired) electrons. The average molecular weight is 301 g/mol. The number of phenols is 1. The molecule has 2 aromatic carbocycles. The van der Waals surface area contributed by atoms with Gasteiger partial charge in [0.2, 0.25) is 0 Å². The third-order valence-electron chi connectivity index (χ3n) is 3.35. The standard InChI is InChI=1S/C16H13ClN2O2/c1-21-10-3-4-14-11(7-10)16(17)12(8-19-14)9-2-5-15(20)13(18)6-9/h2-8,20H,18H2,1H3. The Morgan fingerprint density at radius 3 is 2.71 bits per heavy atom. The summed E-state index contributed by atoms with van der Waals surface area (Å²) >= 11 is 6.50. The van der Waals surface area contributed by atoms with E-state index in [1.807, 2.05) is 18.2 Å². The number of ether oxygens (including phenoxy) is 1. The molecule has 0 fully saturated rings. The summed E-state index contributed by atoms with van der Waals surface area (Å²) < 4.78 is 5.22. The summed E-state index contributed by atoms with van der Waals surface area (Å²) in [6.45, 7) is 0. The van der Waals surface area contributed by atoms with Gasteiger partial charge in [-0.2, -0.15) is 0 Å². The summed E-state index contributed by atoms with van der Waals surface area (Å²) in [5.41, 5.74) is 8.37. The summed E-state index contributed by atoms with van der Waals surface area (Å²) in [4.78, 5) is 4.40. The first-order valence-electron chi connectivity index (χ1n) is 6.31. The Labute approximate surface area is 126 Å². The molecule has 0 amide bonds. The lowest BCUT2D eigenvalue weighted by Crippen LogP contribution is -1.90. The molecule has 1 aromatic heterocycles. The molecule has 5 heteroatoms. The highest BCUT2D eigenvalue weighted by Crippen LogP contribution is 2.36. The second-order valence-corrected chi connectivity index (χ2v) is 5.02. The van der Waals surface area contributed by atoms with Crippen LogP contribution in [-0.4, -0.2) is 17.2 Å². The van der Waals surface area contributed by atoms with Crippen LogP contribution in [0.15, 0.2) is 42.6 Å². The Hall–Kier alpha value is -2.46. The van der Waals surface area contributed by atoms with E-state index < -0.39 is 0 Å². The number of aromatic hydroxyl groups is 1. The Balaban J connectivity index is 2.23. The molecule has 3 rings (SSSR count). The summed E-state index contributed by atoms with van der Waals surface area (Å²) in [5, 5.41) is 10.9. The second kappa shape index (κ2) is 5.14. The van der Waals surface area contributed by atoms with Gasteiger partial charge >= 0.3 is 0 Å². The maximum Gasteiger partial charge on any atom is 0.138 e. The van der Waals surface area contributed by atoms with E-state index in [0.29, 0.717) is 16.5 Å². The smallest absolute Gasteiger partial charge is 0.138 e. The first-order valence-corrected chi connectivity index (χ1v) is 6.69. The molecule has 106 valence electrons. The van der Waals surface area contributed by atoms with Gasteiger partial charge in [-0.3, -0.25) is 4.98 Å². The zero-order valence-electron chi connectivity index (χ0n) is 11.3. The van der Waals surface area contributed by atoms with Gasteiger partial charge in [0.05, 0.1) is 23.3 Å². The van der Waals surface area contributed by atoms with Crippen molar-refractivity contribution < 1.29 is 9.84 Å². The highest BCUT2D eigenvalue weighted by molar-refractivity contribution is 6.38. The fraction of sp³-hybridized carbons (Fsp3) is 0.0625. The molecule has 0 aliphatic carbocycles. The number of phenolic OH excluding ortho intramolecular Hbond substituents is 1. The highest BCUT2D eigenvalue weighted by Gasteiger charge is 2.11. The number of methoxy groups -OCH3 is 1. The maximum atomic E-state index is 9.51. The van der Waals surface area contributed by atoms with E-state index in [9.17, 15) is 5.11 Å². The number of nitrogens with two attached hydrogens (primary N) is 1. The molecule has 0 atom stereocenters. The molecule has 21 heavy (non-hydrogen) atoms. The number of benzene rings is 2. The SMILES string of the molecule is COc1ccc2ncc(-c3ccc(O)c(N)c3)c(Cl)c2c1.